The van der Waals surface area contributed by atoms with Crippen molar-refractivity contribution in [3.8, 4) is 0 Å². The molecule has 1 saturated heterocycles. The van der Waals surface area contributed by atoms with Gasteiger partial charge in [0.05, 0.1) is 22.8 Å². The van der Waals surface area contributed by atoms with E-state index in [9.17, 15) is 8.42 Å². The van der Waals surface area contributed by atoms with Crippen molar-refractivity contribution in [2.24, 2.45) is 0 Å². The summed E-state index contributed by atoms with van der Waals surface area (Å²) in [6, 6.07) is 6.74. The molecule has 2 N–H and O–H groups in total. The standard InChI is InChI=1S/C20H25ClN4O3S/c1-13-10-19(24-20(22)23-13)25-8-3-9-28-12-18(25)16-7-6-15(11-17(16)21)29(26,27)14-4-2-5-14/h6-7,10-11,14,18H,2-5,8-9,12H2,1H3,(H2,22,23,24)/t18-/m0/s1. The Morgan fingerprint density at radius 1 is 1.21 bits per heavy atom. The number of nitrogens with zero attached hydrogens (tertiary/aromatic N) is 3. The van der Waals surface area contributed by atoms with Gasteiger partial charge in [-0.05, 0) is 43.9 Å². The van der Waals surface area contributed by atoms with E-state index in [4.69, 9.17) is 22.1 Å². The molecule has 1 aliphatic carbocycles. The summed E-state index contributed by atoms with van der Waals surface area (Å²) in [6.07, 6.45) is 3.25. The molecule has 1 aromatic carbocycles. The molecule has 2 fully saturated rings. The average Bonchev–Trinajstić information content (AvgIpc) is 2.84. The Kier molecular flexibility index (Phi) is 5.68. The predicted octanol–water partition coefficient (Wildman–Crippen LogP) is 3.31. The second kappa shape index (κ2) is 8.08. The first-order valence-electron chi connectivity index (χ1n) is 9.85. The maximum Gasteiger partial charge on any atom is 0.222 e. The van der Waals surface area contributed by atoms with Gasteiger partial charge in [0.15, 0.2) is 9.84 Å². The minimum atomic E-state index is -3.32. The summed E-state index contributed by atoms with van der Waals surface area (Å²) in [6.45, 7) is 3.66. The fourth-order valence-electron chi connectivity index (χ4n) is 3.86. The van der Waals surface area contributed by atoms with E-state index in [-0.39, 0.29) is 17.2 Å². The number of nitrogens with two attached hydrogens (primary N) is 1. The Hall–Kier alpha value is -1.90. The van der Waals surface area contributed by atoms with Crippen LogP contribution in [0.1, 0.15) is 43.0 Å². The van der Waals surface area contributed by atoms with E-state index in [1.807, 2.05) is 13.0 Å². The van der Waals surface area contributed by atoms with Crippen molar-refractivity contribution >= 4 is 33.2 Å². The smallest absolute Gasteiger partial charge is 0.222 e. The number of hydrogen-bond acceptors (Lipinski definition) is 7. The zero-order valence-electron chi connectivity index (χ0n) is 16.3. The van der Waals surface area contributed by atoms with Crippen molar-refractivity contribution < 1.29 is 13.2 Å². The normalized spacial score (nSPS) is 20.9. The van der Waals surface area contributed by atoms with Crippen LogP contribution < -0.4 is 10.6 Å². The van der Waals surface area contributed by atoms with Gasteiger partial charge in [0, 0.05) is 29.9 Å². The highest BCUT2D eigenvalue weighted by molar-refractivity contribution is 7.92. The van der Waals surface area contributed by atoms with Gasteiger partial charge in [-0.1, -0.05) is 24.1 Å². The Morgan fingerprint density at radius 2 is 2.00 bits per heavy atom. The molecule has 0 amide bonds. The van der Waals surface area contributed by atoms with Gasteiger partial charge in [-0.2, -0.15) is 4.98 Å². The fourth-order valence-corrected chi connectivity index (χ4v) is 6.11. The summed E-state index contributed by atoms with van der Waals surface area (Å²) in [5.41, 5.74) is 7.46. The molecule has 29 heavy (non-hydrogen) atoms. The summed E-state index contributed by atoms with van der Waals surface area (Å²) >= 11 is 6.60. The van der Waals surface area contributed by atoms with Gasteiger partial charge < -0.3 is 15.4 Å². The van der Waals surface area contributed by atoms with Crippen molar-refractivity contribution in [2.75, 3.05) is 30.4 Å². The van der Waals surface area contributed by atoms with Crippen LogP contribution in [0.2, 0.25) is 5.02 Å². The molecule has 0 unspecified atom stereocenters. The average molecular weight is 437 g/mol. The SMILES string of the molecule is Cc1cc(N2CCCOC[C@H]2c2ccc(S(=O)(=O)C3CCC3)cc2Cl)nc(N)n1. The molecule has 2 aliphatic rings. The van der Waals surface area contributed by atoms with Crippen LogP contribution in [0.25, 0.3) is 0 Å². The Balaban J connectivity index is 1.70. The highest BCUT2D eigenvalue weighted by Gasteiger charge is 2.34. The number of hydrogen-bond donors (Lipinski definition) is 1. The molecule has 4 rings (SSSR count). The maximum atomic E-state index is 12.7. The first-order chi connectivity index (χ1) is 13.9. The lowest BCUT2D eigenvalue weighted by atomic mass is 10.00. The van der Waals surface area contributed by atoms with Crippen molar-refractivity contribution in [2.45, 2.75) is 48.8 Å². The van der Waals surface area contributed by atoms with Gasteiger partial charge in [-0.25, -0.2) is 13.4 Å². The van der Waals surface area contributed by atoms with Crippen molar-refractivity contribution in [1.29, 1.82) is 0 Å². The summed E-state index contributed by atoms with van der Waals surface area (Å²) in [5.74, 6) is 0.935. The molecule has 1 aromatic heterocycles. The lowest BCUT2D eigenvalue weighted by Gasteiger charge is -2.32. The zero-order valence-corrected chi connectivity index (χ0v) is 17.9. The molecule has 9 heteroatoms. The minimum Gasteiger partial charge on any atom is -0.379 e. The molecule has 0 bridgehead atoms. The molecule has 1 saturated carbocycles. The largest absolute Gasteiger partial charge is 0.379 e. The van der Waals surface area contributed by atoms with E-state index in [1.54, 1.807) is 18.2 Å². The van der Waals surface area contributed by atoms with Gasteiger partial charge in [0.25, 0.3) is 0 Å². The zero-order chi connectivity index (χ0) is 20.6. The van der Waals surface area contributed by atoms with Crippen molar-refractivity contribution in [1.82, 2.24) is 9.97 Å². The third-order valence-electron chi connectivity index (χ3n) is 5.64. The summed E-state index contributed by atoms with van der Waals surface area (Å²) in [5, 5.41) is 0.138. The molecule has 0 spiro atoms. The predicted molar refractivity (Wildman–Crippen MR) is 113 cm³/mol. The molecule has 1 atom stereocenters. The van der Waals surface area contributed by atoms with Crippen LogP contribution in [-0.4, -0.2) is 43.4 Å². The van der Waals surface area contributed by atoms with Crippen LogP contribution >= 0.6 is 11.6 Å². The molecule has 156 valence electrons. The molecular formula is C20H25ClN4O3S. The number of aryl methyl sites for hydroxylation is 1. The van der Waals surface area contributed by atoms with Crippen LogP contribution in [0.3, 0.4) is 0 Å². The summed E-state index contributed by atoms with van der Waals surface area (Å²) in [7, 11) is -3.32. The van der Waals surface area contributed by atoms with Gasteiger partial charge >= 0.3 is 0 Å². The molecule has 0 radical (unpaired) electrons. The fraction of sp³-hybridized carbons (Fsp3) is 0.500. The number of rotatable bonds is 4. The van der Waals surface area contributed by atoms with E-state index in [2.05, 4.69) is 14.9 Å². The number of ether oxygens (including phenoxy) is 1. The van der Waals surface area contributed by atoms with Crippen LogP contribution in [0.15, 0.2) is 29.2 Å². The first-order valence-corrected chi connectivity index (χ1v) is 11.8. The highest BCUT2D eigenvalue weighted by Crippen LogP contribution is 2.37. The topological polar surface area (TPSA) is 98.4 Å². The number of benzene rings is 1. The molecule has 7 nitrogen and oxygen atoms in total. The van der Waals surface area contributed by atoms with Crippen LogP contribution in [-0.2, 0) is 14.6 Å². The first kappa shape index (κ1) is 20.4. The third kappa shape index (κ3) is 4.06. The van der Waals surface area contributed by atoms with E-state index in [0.29, 0.717) is 28.9 Å². The lowest BCUT2D eigenvalue weighted by Crippen LogP contribution is -2.32. The van der Waals surface area contributed by atoms with Gasteiger partial charge in [-0.3, -0.25) is 0 Å². The number of halogens is 1. The lowest BCUT2D eigenvalue weighted by molar-refractivity contribution is 0.134. The molecule has 2 aromatic rings. The second-order valence-electron chi connectivity index (χ2n) is 7.64. The van der Waals surface area contributed by atoms with Crippen molar-refractivity contribution in [3.63, 3.8) is 0 Å². The Bertz CT molecular complexity index is 991. The van der Waals surface area contributed by atoms with E-state index in [1.165, 1.54) is 0 Å². The number of nitrogen functional groups attached to an aromatic ring is 1. The third-order valence-corrected chi connectivity index (χ3v) is 8.23. The maximum absolute atomic E-state index is 12.7. The van der Waals surface area contributed by atoms with Crippen molar-refractivity contribution in [3.05, 3.63) is 40.5 Å². The number of anilines is 2. The molecule has 1 aliphatic heterocycles. The van der Waals surface area contributed by atoms with Gasteiger partial charge in [0.2, 0.25) is 5.95 Å². The molecule has 2 heterocycles. The van der Waals surface area contributed by atoms with E-state index in [0.717, 1.165) is 43.5 Å². The van der Waals surface area contributed by atoms with Crippen LogP contribution in [0.5, 0.6) is 0 Å². The number of sulfone groups is 1. The van der Waals surface area contributed by atoms with E-state index < -0.39 is 9.84 Å². The monoisotopic (exact) mass is 436 g/mol. The minimum absolute atomic E-state index is 0.195. The molecular weight excluding hydrogens is 412 g/mol. The second-order valence-corrected chi connectivity index (χ2v) is 10.3. The Labute approximate surface area is 176 Å². The summed E-state index contributed by atoms with van der Waals surface area (Å²) in [4.78, 5) is 11.0. The quantitative estimate of drug-likeness (QED) is 0.784. The van der Waals surface area contributed by atoms with Crippen LogP contribution in [0, 0.1) is 6.92 Å². The van der Waals surface area contributed by atoms with Gasteiger partial charge in [-0.15, -0.1) is 0 Å². The Morgan fingerprint density at radius 3 is 2.66 bits per heavy atom. The number of aromatic nitrogens is 2. The van der Waals surface area contributed by atoms with Crippen LogP contribution in [0.4, 0.5) is 11.8 Å². The van der Waals surface area contributed by atoms with E-state index >= 15 is 0 Å². The summed E-state index contributed by atoms with van der Waals surface area (Å²) < 4.78 is 31.3. The highest BCUT2D eigenvalue weighted by atomic mass is 35.5. The van der Waals surface area contributed by atoms with Gasteiger partial charge in [0.1, 0.15) is 5.82 Å².